The number of rotatable bonds is 4. The first-order chi connectivity index (χ1) is 9.06. The first-order valence-corrected chi connectivity index (χ1v) is 6.25. The van der Waals surface area contributed by atoms with Crippen LogP contribution in [0.2, 0.25) is 0 Å². The van der Waals surface area contributed by atoms with Gasteiger partial charge in [0.15, 0.2) is 0 Å². The minimum absolute atomic E-state index is 0.112. The van der Waals surface area contributed by atoms with E-state index in [0.29, 0.717) is 15.8 Å². The van der Waals surface area contributed by atoms with Crippen molar-refractivity contribution in [3.8, 4) is 5.75 Å². The Balaban J connectivity index is 2.15. The van der Waals surface area contributed by atoms with Crippen molar-refractivity contribution in [2.45, 2.75) is 6.61 Å². The Bertz CT molecular complexity index is 596. The lowest BCUT2D eigenvalue weighted by Crippen LogP contribution is -2.05. The van der Waals surface area contributed by atoms with Crippen molar-refractivity contribution >= 4 is 21.9 Å². The van der Waals surface area contributed by atoms with E-state index in [2.05, 4.69) is 15.9 Å². The van der Waals surface area contributed by atoms with Gasteiger partial charge in [-0.1, -0.05) is 22.0 Å². The first kappa shape index (κ1) is 13.5. The highest BCUT2D eigenvalue weighted by Gasteiger charge is 2.11. The summed E-state index contributed by atoms with van der Waals surface area (Å²) in [6.45, 7) is 0.112. The Morgan fingerprint density at radius 3 is 2.53 bits per heavy atom. The average Bonchev–Trinajstić information content (AvgIpc) is 2.39. The molecule has 0 bridgehead atoms. The molecule has 0 aliphatic rings. The van der Waals surface area contributed by atoms with Gasteiger partial charge in [0.05, 0.1) is 5.56 Å². The summed E-state index contributed by atoms with van der Waals surface area (Å²) in [6, 6.07) is 10.5. The molecule has 98 valence electrons. The van der Waals surface area contributed by atoms with Crippen molar-refractivity contribution in [2.75, 3.05) is 0 Å². The van der Waals surface area contributed by atoms with Crippen molar-refractivity contribution in [3.63, 3.8) is 0 Å². The second kappa shape index (κ2) is 5.84. The summed E-state index contributed by atoms with van der Waals surface area (Å²) in [6.07, 6.45) is 0. The van der Waals surface area contributed by atoms with E-state index in [1.165, 1.54) is 30.3 Å². The van der Waals surface area contributed by atoms with Gasteiger partial charge in [0, 0.05) is 10.0 Å². The number of carboxylic acid groups (broad SMARTS) is 1. The van der Waals surface area contributed by atoms with Gasteiger partial charge in [-0.05, 0) is 36.4 Å². The number of benzene rings is 2. The minimum Gasteiger partial charge on any atom is -0.489 e. The van der Waals surface area contributed by atoms with Crippen molar-refractivity contribution in [2.24, 2.45) is 0 Å². The van der Waals surface area contributed by atoms with Crippen LogP contribution in [0.1, 0.15) is 15.9 Å². The summed E-state index contributed by atoms with van der Waals surface area (Å²) in [7, 11) is 0. The fraction of sp³-hybridized carbons (Fsp3) is 0.0714. The molecule has 0 unspecified atom stereocenters. The van der Waals surface area contributed by atoms with E-state index >= 15 is 0 Å². The Labute approximate surface area is 117 Å². The Kier molecular flexibility index (Phi) is 4.16. The lowest BCUT2D eigenvalue weighted by molar-refractivity contribution is 0.0694. The molecule has 0 aromatic heterocycles. The molecule has 0 saturated heterocycles. The van der Waals surface area contributed by atoms with Crippen LogP contribution in [0.15, 0.2) is 46.9 Å². The second-order valence-corrected chi connectivity index (χ2v) is 4.76. The van der Waals surface area contributed by atoms with Crippen LogP contribution < -0.4 is 4.74 Å². The van der Waals surface area contributed by atoms with Crippen LogP contribution in [-0.4, -0.2) is 11.1 Å². The Morgan fingerprint density at radius 2 is 1.89 bits per heavy atom. The standard InChI is InChI=1S/C14H10BrFO3/c15-10-2-1-9(13(7-10)14(17)18)8-19-12-5-3-11(16)4-6-12/h1-7H,8H2,(H,17,18). The van der Waals surface area contributed by atoms with Crippen LogP contribution in [0.25, 0.3) is 0 Å². The maximum Gasteiger partial charge on any atom is 0.336 e. The van der Waals surface area contributed by atoms with Crippen molar-refractivity contribution in [3.05, 3.63) is 63.9 Å². The molecule has 0 saturated carbocycles. The largest absolute Gasteiger partial charge is 0.489 e. The average molecular weight is 325 g/mol. The van der Waals surface area contributed by atoms with Gasteiger partial charge < -0.3 is 9.84 Å². The van der Waals surface area contributed by atoms with Crippen LogP contribution in [0.4, 0.5) is 4.39 Å². The van der Waals surface area contributed by atoms with Crippen LogP contribution in [0.3, 0.4) is 0 Å². The minimum atomic E-state index is -1.01. The van der Waals surface area contributed by atoms with Crippen LogP contribution in [0.5, 0.6) is 5.75 Å². The third kappa shape index (κ3) is 3.54. The summed E-state index contributed by atoms with van der Waals surface area (Å²) < 4.78 is 18.8. The summed E-state index contributed by atoms with van der Waals surface area (Å²) in [5, 5.41) is 9.10. The van der Waals surface area contributed by atoms with Gasteiger partial charge in [-0.3, -0.25) is 0 Å². The molecule has 0 heterocycles. The van der Waals surface area contributed by atoms with Crippen molar-refractivity contribution in [1.29, 1.82) is 0 Å². The molecule has 0 spiro atoms. The zero-order valence-corrected chi connectivity index (χ0v) is 11.4. The summed E-state index contributed by atoms with van der Waals surface area (Å²) in [4.78, 5) is 11.1. The maximum atomic E-state index is 12.7. The number of hydrogen-bond acceptors (Lipinski definition) is 2. The molecular formula is C14H10BrFO3. The monoisotopic (exact) mass is 324 g/mol. The third-order valence-electron chi connectivity index (χ3n) is 2.51. The third-order valence-corrected chi connectivity index (χ3v) is 3.00. The van der Waals surface area contributed by atoms with E-state index in [9.17, 15) is 9.18 Å². The fourth-order valence-electron chi connectivity index (χ4n) is 1.57. The molecule has 0 atom stereocenters. The van der Waals surface area contributed by atoms with E-state index in [4.69, 9.17) is 9.84 Å². The molecule has 0 aliphatic heterocycles. The number of carbonyl (C=O) groups is 1. The second-order valence-electron chi connectivity index (χ2n) is 3.85. The van der Waals surface area contributed by atoms with E-state index in [0.717, 1.165) is 0 Å². The van der Waals surface area contributed by atoms with Crippen molar-refractivity contribution in [1.82, 2.24) is 0 Å². The topological polar surface area (TPSA) is 46.5 Å². The summed E-state index contributed by atoms with van der Waals surface area (Å²) >= 11 is 3.22. The molecular weight excluding hydrogens is 315 g/mol. The Morgan fingerprint density at radius 1 is 1.21 bits per heavy atom. The molecule has 1 N–H and O–H groups in total. The van der Waals surface area contributed by atoms with Gasteiger partial charge >= 0.3 is 5.97 Å². The predicted molar refractivity (Wildman–Crippen MR) is 71.8 cm³/mol. The molecule has 5 heteroatoms. The number of hydrogen-bond donors (Lipinski definition) is 1. The van der Waals surface area contributed by atoms with Gasteiger partial charge in [-0.25, -0.2) is 9.18 Å². The fourth-order valence-corrected chi connectivity index (χ4v) is 1.93. The number of aromatic carboxylic acids is 1. The molecule has 0 aliphatic carbocycles. The molecule has 2 aromatic carbocycles. The predicted octanol–water partition coefficient (Wildman–Crippen LogP) is 3.87. The van der Waals surface area contributed by atoms with E-state index < -0.39 is 5.97 Å². The molecule has 0 radical (unpaired) electrons. The number of ether oxygens (including phenoxy) is 1. The highest BCUT2D eigenvalue weighted by atomic mass is 79.9. The van der Waals surface area contributed by atoms with Gasteiger partial charge in [0.1, 0.15) is 18.2 Å². The zero-order valence-electron chi connectivity index (χ0n) is 9.77. The molecule has 0 amide bonds. The molecule has 0 fully saturated rings. The highest BCUT2D eigenvalue weighted by Crippen LogP contribution is 2.19. The number of carboxylic acids is 1. The summed E-state index contributed by atoms with van der Waals surface area (Å²) in [5.74, 6) is -0.873. The van der Waals surface area contributed by atoms with Gasteiger partial charge in [-0.15, -0.1) is 0 Å². The first-order valence-electron chi connectivity index (χ1n) is 5.46. The lowest BCUT2D eigenvalue weighted by atomic mass is 10.1. The summed E-state index contributed by atoms with van der Waals surface area (Å²) in [5.41, 5.74) is 0.733. The highest BCUT2D eigenvalue weighted by molar-refractivity contribution is 9.10. The molecule has 19 heavy (non-hydrogen) atoms. The maximum absolute atomic E-state index is 12.7. The van der Waals surface area contributed by atoms with E-state index in [1.807, 2.05) is 0 Å². The van der Waals surface area contributed by atoms with Crippen LogP contribution in [0, 0.1) is 5.82 Å². The molecule has 2 rings (SSSR count). The quantitative estimate of drug-likeness (QED) is 0.928. The zero-order chi connectivity index (χ0) is 13.8. The molecule has 2 aromatic rings. The molecule has 3 nitrogen and oxygen atoms in total. The normalized spacial score (nSPS) is 10.2. The van der Waals surface area contributed by atoms with Gasteiger partial charge in [0.25, 0.3) is 0 Å². The smallest absolute Gasteiger partial charge is 0.336 e. The van der Waals surface area contributed by atoms with Crippen molar-refractivity contribution < 1.29 is 19.0 Å². The lowest BCUT2D eigenvalue weighted by Gasteiger charge is -2.09. The van der Waals surface area contributed by atoms with E-state index in [-0.39, 0.29) is 18.0 Å². The van der Waals surface area contributed by atoms with Crippen LogP contribution >= 0.6 is 15.9 Å². The van der Waals surface area contributed by atoms with Crippen LogP contribution in [-0.2, 0) is 6.61 Å². The Hall–Kier alpha value is -1.88. The van der Waals surface area contributed by atoms with E-state index in [1.54, 1.807) is 12.1 Å². The van der Waals surface area contributed by atoms with Gasteiger partial charge in [-0.2, -0.15) is 0 Å². The van der Waals surface area contributed by atoms with Gasteiger partial charge in [0.2, 0.25) is 0 Å². The SMILES string of the molecule is O=C(O)c1cc(Br)ccc1COc1ccc(F)cc1. The number of halogens is 2.